The lowest BCUT2D eigenvalue weighted by molar-refractivity contribution is -0.151. The number of carbonyl (C=O) groups is 3. The minimum atomic E-state index is -0.188. The first kappa shape index (κ1) is 19.5. The largest absolute Gasteiger partial charge is 0.466 e. The number of nitrogens with zero attached hydrogens (tertiary/aromatic N) is 3. The molecule has 8 heteroatoms. The lowest BCUT2D eigenvalue weighted by Crippen LogP contribution is -2.46. The molecule has 7 nitrogen and oxygen atoms in total. The summed E-state index contributed by atoms with van der Waals surface area (Å²) < 4.78 is 5.05. The molecule has 3 amide bonds. The Morgan fingerprint density at radius 2 is 1.93 bits per heavy atom. The zero-order valence-electron chi connectivity index (χ0n) is 15.4. The van der Waals surface area contributed by atoms with E-state index in [2.05, 4.69) is 0 Å². The molecule has 146 valence electrons. The van der Waals surface area contributed by atoms with E-state index in [9.17, 15) is 14.4 Å². The number of likely N-dealkylation sites (tertiary alicyclic amines) is 1. The number of urea groups is 1. The number of hydrogen-bond acceptors (Lipinski definition) is 4. The normalized spacial score (nSPS) is 18.1. The molecule has 1 aromatic rings. The number of anilines is 1. The van der Waals surface area contributed by atoms with E-state index in [1.165, 1.54) is 0 Å². The summed E-state index contributed by atoms with van der Waals surface area (Å²) in [6, 6.07) is 6.94. The fraction of sp³-hybridized carbons (Fsp3) is 0.526. The van der Waals surface area contributed by atoms with Gasteiger partial charge in [0.1, 0.15) is 6.54 Å². The number of carbonyl (C=O) groups excluding carboxylic acids is 3. The summed E-state index contributed by atoms with van der Waals surface area (Å²) in [6.07, 6.45) is 1.21. The molecular weight excluding hydrogens is 370 g/mol. The van der Waals surface area contributed by atoms with Crippen LogP contribution in [0, 0.1) is 5.92 Å². The first-order chi connectivity index (χ1) is 13.0. The van der Waals surface area contributed by atoms with Gasteiger partial charge in [-0.3, -0.25) is 14.5 Å². The quantitative estimate of drug-likeness (QED) is 0.720. The van der Waals surface area contributed by atoms with E-state index >= 15 is 0 Å². The van der Waals surface area contributed by atoms with Gasteiger partial charge in [0, 0.05) is 36.9 Å². The highest BCUT2D eigenvalue weighted by molar-refractivity contribution is 6.30. The number of ether oxygens (including phenoxy) is 1. The second-order valence-electron chi connectivity index (χ2n) is 6.74. The van der Waals surface area contributed by atoms with Crippen molar-refractivity contribution in [3.05, 3.63) is 29.3 Å². The predicted molar refractivity (Wildman–Crippen MR) is 102 cm³/mol. The molecule has 2 aliphatic rings. The molecule has 2 saturated heterocycles. The molecule has 1 aromatic carbocycles. The monoisotopic (exact) mass is 393 g/mol. The van der Waals surface area contributed by atoms with Crippen LogP contribution in [0.5, 0.6) is 0 Å². The van der Waals surface area contributed by atoms with Crippen molar-refractivity contribution in [1.82, 2.24) is 9.80 Å². The van der Waals surface area contributed by atoms with Gasteiger partial charge < -0.3 is 14.5 Å². The Labute approximate surface area is 163 Å². The fourth-order valence-corrected chi connectivity index (χ4v) is 3.69. The van der Waals surface area contributed by atoms with Crippen LogP contribution in [0.15, 0.2) is 24.3 Å². The number of hydrogen-bond donors (Lipinski definition) is 0. The van der Waals surface area contributed by atoms with Crippen molar-refractivity contribution >= 4 is 35.2 Å². The van der Waals surface area contributed by atoms with Crippen LogP contribution in [0.25, 0.3) is 0 Å². The van der Waals surface area contributed by atoms with Crippen molar-refractivity contribution < 1.29 is 19.1 Å². The van der Waals surface area contributed by atoms with E-state index in [1.54, 1.807) is 39.8 Å². The maximum atomic E-state index is 12.6. The molecule has 27 heavy (non-hydrogen) atoms. The van der Waals surface area contributed by atoms with Gasteiger partial charge in [0.25, 0.3) is 0 Å². The summed E-state index contributed by atoms with van der Waals surface area (Å²) in [5.74, 6) is -0.407. The zero-order chi connectivity index (χ0) is 19.4. The molecule has 0 atom stereocenters. The lowest BCUT2D eigenvalue weighted by atomic mass is 9.97. The second kappa shape index (κ2) is 8.61. The molecule has 0 spiro atoms. The van der Waals surface area contributed by atoms with E-state index in [4.69, 9.17) is 16.3 Å². The average Bonchev–Trinajstić information content (AvgIpc) is 3.02. The minimum Gasteiger partial charge on any atom is -0.466 e. The molecular formula is C19H24ClN3O4. The van der Waals surface area contributed by atoms with Crippen LogP contribution in [0.4, 0.5) is 10.5 Å². The standard InChI is InChI=1S/C19H24ClN3O4/c1-2-27-18(25)14-6-8-21(9-7-14)17(24)13-22-10-11-23(19(22)26)16-5-3-4-15(20)12-16/h3-5,12,14H,2,6-11,13H2,1H3. The molecule has 0 N–H and O–H groups in total. The van der Waals surface area contributed by atoms with E-state index in [1.807, 2.05) is 6.07 Å². The molecule has 0 saturated carbocycles. The third kappa shape index (κ3) is 4.53. The molecule has 2 aliphatic heterocycles. The van der Waals surface area contributed by atoms with Gasteiger partial charge in [0.05, 0.1) is 12.5 Å². The summed E-state index contributed by atoms with van der Waals surface area (Å²) >= 11 is 6.00. The van der Waals surface area contributed by atoms with Crippen molar-refractivity contribution in [2.75, 3.05) is 44.2 Å². The second-order valence-corrected chi connectivity index (χ2v) is 7.18. The number of piperidine rings is 1. The van der Waals surface area contributed by atoms with Crippen molar-refractivity contribution in [3.8, 4) is 0 Å². The molecule has 2 heterocycles. The fourth-order valence-electron chi connectivity index (χ4n) is 3.50. The van der Waals surface area contributed by atoms with Crippen LogP contribution < -0.4 is 4.90 Å². The Bertz CT molecular complexity index is 719. The van der Waals surface area contributed by atoms with Gasteiger partial charge in [-0.25, -0.2) is 4.79 Å². The van der Waals surface area contributed by atoms with E-state index in [0.29, 0.717) is 50.7 Å². The Kier molecular flexibility index (Phi) is 6.21. The Hall–Kier alpha value is -2.28. The van der Waals surface area contributed by atoms with Gasteiger partial charge in [-0.15, -0.1) is 0 Å². The van der Waals surface area contributed by atoms with Gasteiger partial charge in [0.2, 0.25) is 5.91 Å². The van der Waals surface area contributed by atoms with Gasteiger partial charge in [-0.1, -0.05) is 17.7 Å². The SMILES string of the molecule is CCOC(=O)C1CCN(C(=O)CN2CCN(c3cccc(Cl)c3)C2=O)CC1. The molecule has 0 aliphatic carbocycles. The summed E-state index contributed by atoms with van der Waals surface area (Å²) in [4.78, 5) is 41.9. The third-order valence-electron chi connectivity index (χ3n) is 5.01. The van der Waals surface area contributed by atoms with Crippen LogP contribution in [0.3, 0.4) is 0 Å². The number of benzene rings is 1. The number of halogens is 1. The molecule has 0 bridgehead atoms. The van der Waals surface area contributed by atoms with E-state index in [0.717, 1.165) is 5.69 Å². The number of rotatable bonds is 5. The first-order valence-corrected chi connectivity index (χ1v) is 9.63. The smallest absolute Gasteiger partial charge is 0.325 e. The van der Waals surface area contributed by atoms with E-state index < -0.39 is 0 Å². The van der Waals surface area contributed by atoms with Crippen molar-refractivity contribution in [2.24, 2.45) is 5.92 Å². The van der Waals surface area contributed by atoms with Crippen LogP contribution in [-0.2, 0) is 14.3 Å². The van der Waals surface area contributed by atoms with Crippen molar-refractivity contribution in [2.45, 2.75) is 19.8 Å². The number of amides is 3. The van der Waals surface area contributed by atoms with E-state index in [-0.39, 0.29) is 30.4 Å². The Balaban J connectivity index is 1.52. The third-order valence-corrected chi connectivity index (χ3v) is 5.24. The molecule has 0 radical (unpaired) electrons. The lowest BCUT2D eigenvalue weighted by Gasteiger charge is -2.32. The Morgan fingerprint density at radius 1 is 1.19 bits per heavy atom. The summed E-state index contributed by atoms with van der Waals surface area (Å²) in [7, 11) is 0. The van der Waals surface area contributed by atoms with Crippen molar-refractivity contribution in [1.29, 1.82) is 0 Å². The van der Waals surface area contributed by atoms with Gasteiger partial charge in [-0.05, 0) is 38.0 Å². The highest BCUT2D eigenvalue weighted by Gasteiger charge is 2.33. The Morgan fingerprint density at radius 3 is 2.59 bits per heavy atom. The minimum absolute atomic E-state index is 0.0555. The van der Waals surface area contributed by atoms with Gasteiger partial charge in [-0.2, -0.15) is 0 Å². The van der Waals surface area contributed by atoms with Gasteiger partial charge >= 0.3 is 12.0 Å². The number of esters is 1. The molecule has 3 rings (SSSR count). The summed E-state index contributed by atoms with van der Waals surface area (Å²) in [5.41, 5.74) is 0.734. The van der Waals surface area contributed by atoms with Crippen LogP contribution in [-0.4, -0.2) is 67.0 Å². The van der Waals surface area contributed by atoms with Gasteiger partial charge in [0.15, 0.2) is 0 Å². The van der Waals surface area contributed by atoms with Crippen LogP contribution in [0.1, 0.15) is 19.8 Å². The highest BCUT2D eigenvalue weighted by atomic mass is 35.5. The molecule has 0 aromatic heterocycles. The maximum Gasteiger partial charge on any atom is 0.325 e. The maximum absolute atomic E-state index is 12.6. The summed E-state index contributed by atoms with van der Waals surface area (Å²) in [6.45, 7) is 4.27. The first-order valence-electron chi connectivity index (χ1n) is 9.26. The molecule has 2 fully saturated rings. The average molecular weight is 394 g/mol. The van der Waals surface area contributed by atoms with Crippen LogP contribution in [0.2, 0.25) is 5.02 Å². The van der Waals surface area contributed by atoms with Crippen LogP contribution >= 0.6 is 11.6 Å². The highest BCUT2D eigenvalue weighted by Crippen LogP contribution is 2.24. The topological polar surface area (TPSA) is 70.2 Å². The zero-order valence-corrected chi connectivity index (χ0v) is 16.2. The summed E-state index contributed by atoms with van der Waals surface area (Å²) in [5, 5.41) is 0.569. The molecule has 0 unspecified atom stereocenters. The van der Waals surface area contributed by atoms with Crippen molar-refractivity contribution in [3.63, 3.8) is 0 Å². The predicted octanol–water partition coefficient (Wildman–Crippen LogP) is 2.38.